The van der Waals surface area contributed by atoms with E-state index in [2.05, 4.69) is 6.92 Å². The number of alkyl halides is 3. The molecule has 3 atom stereocenters. The van der Waals surface area contributed by atoms with E-state index in [0.29, 0.717) is 12.0 Å². The van der Waals surface area contributed by atoms with Crippen molar-refractivity contribution in [3.63, 3.8) is 0 Å². The molecule has 1 aliphatic carbocycles. The van der Waals surface area contributed by atoms with Gasteiger partial charge in [0.1, 0.15) is 5.82 Å². The van der Waals surface area contributed by atoms with Crippen molar-refractivity contribution in [2.75, 3.05) is 0 Å². The molecule has 2 rings (SSSR count). The van der Waals surface area contributed by atoms with Crippen molar-refractivity contribution in [3.05, 3.63) is 35.1 Å². The fourth-order valence-corrected chi connectivity index (χ4v) is 3.19. The van der Waals surface area contributed by atoms with Gasteiger partial charge in [-0.25, -0.2) is 4.39 Å². The summed E-state index contributed by atoms with van der Waals surface area (Å²) in [6, 6.07) is 2.25. The maximum Gasteiger partial charge on any atom is 0.416 e. The van der Waals surface area contributed by atoms with Crippen molar-refractivity contribution in [3.8, 4) is 0 Å². The molecule has 0 amide bonds. The second kappa shape index (κ2) is 6.34. The molecule has 1 N–H and O–H groups in total. The lowest BCUT2D eigenvalue weighted by molar-refractivity contribution is -0.137. The minimum absolute atomic E-state index is 0.165. The number of hydrogen-bond acceptors (Lipinski definition) is 1. The Morgan fingerprint density at radius 3 is 2.62 bits per heavy atom. The van der Waals surface area contributed by atoms with Gasteiger partial charge in [-0.15, -0.1) is 0 Å². The third kappa shape index (κ3) is 3.76. The summed E-state index contributed by atoms with van der Waals surface area (Å²) in [5.41, 5.74) is -1.15. The zero-order chi connectivity index (χ0) is 15.6. The fraction of sp³-hybridized carbons (Fsp3) is 0.625. The summed E-state index contributed by atoms with van der Waals surface area (Å²) < 4.78 is 52.0. The summed E-state index contributed by atoms with van der Waals surface area (Å²) in [5.74, 6) is -0.469. The third-order valence-corrected chi connectivity index (χ3v) is 4.49. The Bertz CT molecular complexity index is 484. The molecule has 118 valence electrons. The monoisotopic (exact) mass is 304 g/mol. The molecule has 1 fully saturated rings. The smallest absolute Gasteiger partial charge is 0.388 e. The predicted octanol–water partition coefficient (Wildman–Crippen LogP) is 5.09. The van der Waals surface area contributed by atoms with Crippen molar-refractivity contribution in [2.24, 2.45) is 11.8 Å². The summed E-state index contributed by atoms with van der Waals surface area (Å²) in [4.78, 5) is 0. The van der Waals surface area contributed by atoms with Crippen LogP contribution in [0, 0.1) is 17.7 Å². The summed E-state index contributed by atoms with van der Waals surface area (Å²) in [6.07, 6.45) is -1.23. The van der Waals surface area contributed by atoms with Gasteiger partial charge >= 0.3 is 6.18 Å². The molecular weight excluding hydrogens is 284 g/mol. The van der Waals surface area contributed by atoms with Gasteiger partial charge in [-0.3, -0.25) is 0 Å². The number of aliphatic hydroxyl groups is 1. The number of hydrogen-bond donors (Lipinski definition) is 1. The van der Waals surface area contributed by atoms with E-state index < -0.39 is 23.7 Å². The standard InChI is InChI=1S/C16H20F4O/c1-2-10-4-3-5-11(8-10)15(21)13-9-12(16(18,19)20)6-7-14(13)17/h6-7,9-11,15,21H,2-5,8H2,1H3. The maximum atomic E-state index is 13.8. The lowest BCUT2D eigenvalue weighted by Crippen LogP contribution is -2.22. The van der Waals surface area contributed by atoms with Crippen molar-refractivity contribution >= 4 is 0 Å². The maximum absolute atomic E-state index is 13.8. The second-order valence-corrected chi connectivity index (χ2v) is 5.88. The van der Waals surface area contributed by atoms with Crippen molar-refractivity contribution < 1.29 is 22.7 Å². The Balaban J connectivity index is 2.23. The zero-order valence-electron chi connectivity index (χ0n) is 12.0. The molecule has 1 aromatic rings. The van der Waals surface area contributed by atoms with Crippen LogP contribution < -0.4 is 0 Å². The Morgan fingerprint density at radius 2 is 2.00 bits per heavy atom. The fourth-order valence-electron chi connectivity index (χ4n) is 3.19. The highest BCUT2D eigenvalue weighted by Gasteiger charge is 2.34. The van der Waals surface area contributed by atoms with Gasteiger partial charge in [0.25, 0.3) is 0 Å². The predicted molar refractivity (Wildman–Crippen MR) is 72.1 cm³/mol. The summed E-state index contributed by atoms with van der Waals surface area (Å²) >= 11 is 0. The van der Waals surface area contributed by atoms with Gasteiger partial charge in [0, 0.05) is 5.56 Å². The van der Waals surface area contributed by atoms with E-state index in [1.165, 1.54) is 0 Å². The quantitative estimate of drug-likeness (QED) is 0.771. The molecule has 0 aliphatic heterocycles. The van der Waals surface area contributed by atoms with Crippen LogP contribution in [-0.2, 0) is 6.18 Å². The molecule has 0 bridgehead atoms. The van der Waals surface area contributed by atoms with Crippen molar-refractivity contribution in [1.82, 2.24) is 0 Å². The first-order valence-electron chi connectivity index (χ1n) is 7.37. The van der Waals surface area contributed by atoms with E-state index in [1.54, 1.807) is 0 Å². The van der Waals surface area contributed by atoms with Gasteiger partial charge in [0.2, 0.25) is 0 Å². The number of rotatable bonds is 3. The molecule has 1 saturated carbocycles. The highest BCUT2D eigenvalue weighted by Crippen LogP contribution is 2.40. The Kier molecular flexibility index (Phi) is 4.91. The van der Waals surface area contributed by atoms with Gasteiger partial charge < -0.3 is 5.11 Å². The zero-order valence-corrected chi connectivity index (χ0v) is 12.0. The third-order valence-electron chi connectivity index (χ3n) is 4.49. The molecule has 0 aromatic heterocycles. The lowest BCUT2D eigenvalue weighted by Gasteiger charge is -2.32. The average molecular weight is 304 g/mol. The van der Waals surface area contributed by atoms with Crippen LogP contribution in [0.2, 0.25) is 0 Å². The molecule has 0 saturated heterocycles. The average Bonchev–Trinajstić information content (AvgIpc) is 2.46. The molecular formula is C16H20F4O. The summed E-state index contributed by atoms with van der Waals surface area (Å²) in [5, 5.41) is 10.3. The van der Waals surface area contributed by atoms with Crippen LogP contribution >= 0.6 is 0 Å². The van der Waals surface area contributed by atoms with E-state index in [1.807, 2.05) is 0 Å². The highest BCUT2D eigenvalue weighted by molar-refractivity contribution is 5.29. The largest absolute Gasteiger partial charge is 0.416 e. The van der Waals surface area contributed by atoms with E-state index in [0.717, 1.165) is 44.2 Å². The molecule has 1 aliphatic rings. The van der Waals surface area contributed by atoms with E-state index in [-0.39, 0.29) is 11.5 Å². The molecule has 0 radical (unpaired) electrons. The van der Waals surface area contributed by atoms with E-state index >= 15 is 0 Å². The molecule has 1 aromatic carbocycles. The Morgan fingerprint density at radius 1 is 1.29 bits per heavy atom. The first-order valence-corrected chi connectivity index (χ1v) is 7.37. The molecule has 0 spiro atoms. The topological polar surface area (TPSA) is 20.2 Å². The van der Waals surface area contributed by atoms with Gasteiger partial charge in [0.15, 0.2) is 0 Å². The first kappa shape index (κ1) is 16.3. The van der Waals surface area contributed by atoms with Crippen molar-refractivity contribution in [2.45, 2.75) is 51.3 Å². The highest BCUT2D eigenvalue weighted by atomic mass is 19.4. The number of halogens is 4. The minimum Gasteiger partial charge on any atom is -0.388 e. The first-order chi connectivity index (χ1) is 9.82. The Labute approximate surface area is 122 Å². The van der Waals surface area contributed by atoms with Crippen LogP contribution in [0.15, 0.2) is 18.2 Å². The SMILES string of the molecule is CCC1CCCC(C(O)c2cc(C(F)(F)F)ccc2F)C1. The van der Waals surface area contributed by atoms with Crippen LogP contribution in [-0.4, -0.2) is 5.11 Å². The Hall–Kier alpha value is -1.10. The minimum atomic E-state index is -4.53. The normalized spacial score (nSPS) is 24.9. The van der Waals surface area contributed by atoms with Gasteiger partial charge in [0.05, 0.1) is 11.7 Å². The van der Waals surface area contributed by atoms with E-state index in [9.17, 15) is 22.7 Å². The molecule has 1 nitrogen and oxygen atoms in total. The van der Waals surface area contributed by atoms with Crippen LogP contribution in [0.1, 0.15) is 56.3 Å². The van der Waals surface area contributed by atoms with Gasteiger partial charge in [-0.05, 0) is 42.9 Å². The molecule has 21 heavy (non-hydrogen) atoms. The van der Waals surface area contributed by atoms with Crippen LogP contribution in [0.5, 0.6) is 0 Å². The van der Waals surface area contributed by atoms with Gasteiger partial charge in [-0.1, -0.05) is 26.2 Å². The molecule has 5 heteroatoms. The molecule has 0 heterocycles. The van der Waals surface area contributed by atoms with Crippen LogP contribution in [0.25, 0.3) is 0 Å². The van der Waals surface area contributed by atoms with E-state index in [4.69, 9.17) is 0 Å². The van der Waals surface area contributed by atoms with Gasteiger partial charge in [-0.2, -0.15) is 13.2 Å². The second-order valence-electron chi connectivity index (χ2n) is 5.88. The van der Waals surface area contributed by atoms with Crippen molar-refractivity contribution in [1.29, 1.82) is 0 Å². The number of aliphatic hydroxyl groups excluding tert-OH is 1. The van der Waals surface area contributed by atoms with Crippen LogP contribution in [0.4, 0.5) is 17.6 Å². The number of benzene rings is 1. The summed E-state index contributed by atoms with van der Waals surface area (Å²) in [7, 11) is 0. The molecule has 3 unspecified atom stereocenters. The summed E-state index contributed by atoms with van der Waals surface area (Å²) in [6.45, 7) is 2.06. The lowest BCUT2D eigenvalue weighted by atomic mass is 9.76. The van der Waals surface area contributed by atoms with Crippen LogP contribution in [0.3, 0.4) is 0 Å².